The van der Waals surface area contributed by atoms with E-state index in [1.165, 1.54) is 32.4 Å². The third-order valence-electron chi connectivity index (χ3n) is 5.76. The van der Waals surface area contributed by atoms with Gasteiger partial charge in [-0.1, -0.05) is 0 Å². The molecule has 0 aromatic carbocycles. The van der Waals surface area contributed by atoms with Crippen molar-refractivity contribution in [2.45, 2.75) is 44.2 Å². The number of nitrogens with zero attached hydrogens (tertiary/aromatic N) is 6. The van der Waals surface area contributed by atoms with Gasteiger partial charge in [-0.25, -0.2) is 13.9 Å². The summed E-state index contributed by atoms with van der Waals surface area (Å²) in [4.78, 5) is 22.0. The lowest BCUT2D eigenvalue weighted by molar-refractivity contribution is -0.000238. The molecular weight excluding hydrogens is 429 g/mol. The first-order valence-electron chi connectivity index (χ1n) is 10.4. The largest absolute Gasteiger partial charge is 0.387 e. The van der Waals surface area contributed by atoms with Crippen molar-refractivity contribution < 1.29 is 19.0 Å². The average molecular weight is 453 g/mol. The van der Waals surface area contributed by atoms with Crippen LogP contribution in [0.2, 0.25) is 0 Å². The summed E-state index contributed by atoms with van der Waals surface area (Å²) in [5, 5.41) is 23.5. The van der Waals surface area contributed by atoms with Crippen LogP contribution in [0, 0.1) is 11.3 Å². The molecule has 3 aromatic heterocycles. The van der Waals surface area contributed by atoms with Gasteiger partial charge in [0.05, 0.1) is 59.7 Å². The van der Waals surface area contributed by atoms with Crippen LogP contribution in [0.3, 0.4) is 0 Å². The minimum Gasteiger partial charge on any atom is -0.387 e. The molecule has 0 saturated carbocycles. The van der Waals surface area contributed by atoms with Crippen LogP contribution in [0.1, 0.15) is 48.0 Å². The quantitative estimate of drug-likeness (QED) is 0.548. The van der Waals surface area contributed by atoms with Crippen molar-refractivity contribution in [3.8, 4) is 6.07 Å². The van der Waals surface area contributed by atoms with Crippen molar-refractivity contribution in [2.24, 2.45) is 5.73 Å². The molecular formula is C22H24FN7O3. The van der Waals surface area contributed by atoms with Crippen LogP contribution in [0.4, 0.5) is 10.1 Å². The van der Waals surface area contributed by atoms with E-state index in [1.54, 1.807) is 27.7 Å². The highest BCUT2D eigenvalue weighted by atomic mass is 19.1. The lowest BCUT2D eigenvalue weighted by atomic mass is 10.00. The van der Waals surface area contributed by atoms with Crippen LogP contribution in [-0.2, 0) is 4.74 Å². The van der Waals surface area contributed by atoms with Crippen molar-refractivity contribution >= 4 is 17.2 Å². The predicted molar refractivity (Wildman–Crippen MR) is 116 cm³/mol. The first-order valence-corrected chi connectivity index (χ1v) is 10.4. The molecule has 1 saturated heterocycles. The monoisotopic (exact) mass is 453 g/mol. The normalized spacial score (nSPS) is 19.4. The van der Waals surface area contributed by atoms with Gasteiger partial charge in [0, 0.05) is 24.9 Å². The number of ether oxygens (including phenoxy) is 1. The molecule has 2 unspecified atom stereocenters. The van der Waals surface area contributed by atoms with Crippen LogP contribution in [0.15, 0.2) is 36.9 Å². The van der Waals surface area contributed by atoms with E-state index in [1.807, 2.05) is 6.07 Å². The maximum Gasteiger partial charge on any atom is 0.252 e. The molecule has 1 aliphatic heterocycles. The van der Waals surface area contributed by atoms with Gasteiger partial charge < -0.3 is 20.5 Å². The first kappa shape index (κ1) is 22.6. The van der Waals surface area contributed by atoms with Gasteiger partial charge in [0.1, 0.15) is 18.3 Å². The number of carbonyl (C=O) groups is 1. The minimum absolute atomic E-state index is 0.157. The number of alkyl halides is 1. The Morgan fingerprint density at radius 1 is 1.48 bits per heavy atom. The van der Waals surface area contributed by atoms with Crippen LogP contribution < -0.4 is 10.6 Å². The predicted octanol–water partition coefficient (Wildman–Crippen LogP) is 1.54. The van der Waals surface area contributed by atoms with E-state index in [4.69, 9.17) is 15.7 Å². The van der Waals surface area contributed by atoms with E-state index in [0.717, 1.165) is 0 Å². The zero-order valence-electron chi connectivity index (χ0n) is 18.2. The van der Waals surface area contributed by atoms with E-state index < -0.39 is 23.8 Å². The van der Waals surface area contributed by atoms with Gasteiger partial charge in [-0.15, -0.1) is 0 Å². The Kier molecular flexibility index (Phi) is 5.97. The zero-order valence-corrected chi connectivity index (χ0v) is 18.2. The molecule has 1 aliphatic rings. The fourth-order valence-corrected chi connectivity index (χ4v) is 3.88. The number of rotatable bonds is 7. The van der Waals surface area contributed by atoms with Crippen molar-refractivity contribution in [3.63, 3.8) is 0 Å². The summed E-state index contributed by atoms with van der Waals surface area (Å²) in [6, 6.07) is 4.94. The lowest BCUT2D eigenvalue weighted by Crippen LogP contribution is -2.47. The number of pyridine rings is 1. The van der Waals surface area contributed by atoms with Crippen LogP contribution in [-0.4, -0.2) is 61.6 Å². The number of halogens is 1. The molecule has 1 amide bonds. The third-order valence-corrected chi connectivity index (χ3v) is 5.76. The average Bonchev–Trinajstić information content (AvgIpc) is 3.43. The summed E-state index contributed by atoms with van der Waals surface area (Å²) in [5.74, 6) is -0.684. The van der Waals surface area contributed by atoms with Gasteiger partial charge in [-0.3, -0.25) is 9.78 Å². The number of amides is 1. The van der Waals surface area contributed by atoms with Gasteiger partial charge in [0.2, 0.25) is 0 Å². The summed E-state index contributed by atoms with van der Waals surface area (Å²) >= 11 is 0. The minimum atomic E-state index is -1.60. The molecule has 0 spiro atoms. The van der Waals surface area contributed by atoms with Crippen LogP contribution in [0.25, 0.3) is 5.65 Å². The Morgan fingerprint density at radius 2 is 2.27 bits per heavy atom. The fraction of sp³-hybridized carbons (Fsp3) is 0.409. The van der Waals surface area contributed by atoms with Crippen molar-refractivity contribution in [3.05, 3.63) is 53.7 Å². The number of hydrogen-bond donors (Lipinski definition) is 2. The molecule has 172 valence electrons. The van der Waals surface area contributed by atoms with E-state index in [2.05, 4.69) is 15.1 Å². The van der Waals surface area contributed by atoms with E-state index in [-0.39, 0.29) is 24.8 Å². The molecule has 1 fully saturated rings. The van der Waals surface area contributed by atoms with Crippen LogP contribution in [0.5, 0.6) is 0 Å². The number of nitrogens with two attached hydrogens (primary N) is 1. The Balaban J connectivity index is 1.65. The second kappa shape index (κ2) is 8.73. The van der Waals surface area contributed by atoms with E-state index in [9.17, 15) is 14.3 Å². The number of anilines is 1. The molecule has 0 radical (unpaired) electrons. The van der Waals surface area contributed by atoms with Crippen molar-refractivity contribution in [1.82, 2.24) is 19.6 Å². The standard InChI is InChI=1S/C22H24FN7O3/c1-22(2,32)19(23)11-29(16-3-4-26-9-15(16)21(25)31)14-6-18(33-12-14)17-10-27-20-5-13(7-24)8-28-30(17)20/h3-5,8-10,14,18-19,32H,6,11-12H2,1-2H3,(H2,25,31)/t14?,18?,19-/m1/s1. The molecule has 3 N–H and O–H groups in total. The number of nitriles is 1. The highest BCUT2D eigenvalue weighted by molar-refractivity contribution is 5.98. The number of aliphatic hydroxyl groups is 1. The summed E-state index contributed by atoms with van der Waals surface area (Å²) in [7, 11) is 0. The zero-order chi connectivity index (χ0) is 23.8. The molecule has 3 aromatic rings. The number of hydrogen-bond acceptors (Lipinski definition) is 8. The van der Waals surface area contributed by atoms with Gasteiger partial charge in [-0.2, -0.15) is 10.4 Å². The molecule has 33 heavy (non-hydrogen) atoms. The lowest BCUT2D eigenvalue weighted by Gasteiger charge is -2.35. The molecule has 0 bridgehead atoms. The topological polar surface area (TPSA) is 143 Å². The molecule has 10 nitrogen and oxygen atoms in total. The molecule has 4 heterocycles. The Labute approximate surface area is 189 Å². The maximum absolute atomic E-state index is 15.0. The highest BCUT2D eigenvalue weighted by Gasteiger charge is 2.38. The Morgan fingerprint density at radius 3 is 2.97 bits per heavy atom. The number of primary amides is 1. The molecule has 0 aliphatic carbocycles. The van der Waals surface area contributed by atoms with Gasteiger partial charge in [0.15, 0.2) is 5.65 Å². The fourth-order valence-electron chi connectivity index (χ4n) is 3.88. The molecule has 3 atom stereocenters. The molecule has 4 rings (SSSR count). The van der Waals surface area contributed by atoms with E-state index >= 15 is 0 Å². The molecule has 11 heteroatoms. The number of fused-ring (bicyclic) bond motifs is 1. The maximum atomic E-state index is 15.0. The third kappa shape index (κ3) is 4.48. The van der Waals surface area contributed by atoms with Crippen LogP contribution >= 0.6 is 0 Å². The SMILES string of the molecule is CC(C)(O)[C@H](F)CN(c1ccncc1C(N)=O)C1COC(c2cnc3cc(C#N)cnn23)C1. The van der Waals surface area contributed by atoms with Crippen molar-refractivity contribution in [2.75, 3.05) is 18.1 Å². The highest BCUT2D eigenvalue weighted by Crippen LogP contribution is 2.35. The van der Waals surface area contributed by atoms with Crippen molar-refractivity contribution in [1.29, 1.82) is 5.26 Å². The number of imidazole rings is 1. The summed E-state index contributed by atoms with van der Waals surface area (Å²) < 4.78 is 22.6. The second-order valence-electron chi connectivity index (χ2n) is 8.55. The summed E-state index contributed by atoms with van der Waals surface area (Å²) in [6.07, 6.45) is 4.38. The first-order chi connectivity index (χ1) is 15.7. The van der Waals surface area contributed by atoms with Gasteiger partial charge >= 0.3 is 0 Å². The van der Waals surface area contributed by atoms with E-state index in [0.29, 0.717) is 29.0 Å². The second-order valence-corrected chi connectivity index (χ2v) is 8.55. The number of carbonyl (C=O) groups excluding carboxylic acids is 1. The summed E-state index contributed by atoms with van der Waals surface area (Å²) in [5.41, 5.74) is 6.14. The Bertz CT molecular complexity index is 1220. The Hall–Kier alpha value is -3.62. The van der Waals surface area contributed by atoms with Gasteiger partial charge in [-0.05, 0) is 19.9 Å². The smallest absolute Gasteiger partial charge is 0.252 e. The summed E-state index contributed by atoms with van der Waals surface area (Å²) in [6.45, 7) is 2.86. The van der Waals surface area contributed by atoms with Gasteiger partial charge in [0.25, 0.3) is 5.91 Å². The number of aromatic nitrogens is 4.